The average Bonchev–Trinajstić information content (AvgIpc) is 2.59. The molecule has 0 radical (unpaired) electrons. The predicted molar refractivity (Wildman–Crippen MR) is 126 cm³/mol. The minimum absolute atomic E-state index is 0. The fourth-order valence-corrected chi connectivity index (χ4v) is 2.70. The molecule has 0 aliphatic rings. The lowest BCUT2D eigenvalue weighted by Gasteiger charge is -2.07. The van der Waals surface area contributed by atoms with E-state index >= 15 is 0 Å². The highest BCUT2D eigenvalue weighted by Gasteiger charge is 2.16. The number of halogens is 3. The van der Waals surface area contributed by atoms with Gasteiger partial charge < -0.3 is 17.2 Å². The summed E-state index contributed by atoms with van der Waals surface area (Å²) in [6.07, 6.45) is 9.73. The lowest BCUT2D eigenvalue weighted by atomic mass is 10.0. The van der Waals surface area contributed by atoms with Crippen molar-refractivity contribution in [1.29, 1.82) is 0 Å². The molecule has 0 saturated heterocycles. The number of hydrogen-bond acceptors (Lipinski definition) is 6. The number of unbranched alkanes of at least 4 members (excludes halogenated alkanes) is 6. The molecule has 0 spiro atoms. The van der Waals surface area contributed by atoms with Gasteiger partial charge in [0.05, 0.1) is 0 Å². The van der Waals surface area contributed by atoms with Crippen LogP contribution in [0.25, 0.3) is 0 Å². The highest BCUT2D eigenvalue weighted by molar-refractivity contribution is 6.31. The van der Waals surface area contributed by atoms with Crippen LogP contribution in [0.4, 0.5) is 11.6 Å². The van der Waals surface area contributed by atoms with Crippen molar-refractivity contribution in [2.45, 2.75) is 65.2 Å². The first-order chi connectivity index (χ1) is 12.8. The van der Waals surface area contributed by atoms with Crippen LogP contribution in [-0.2, 0) is 0 Å². The number of guanidine groups is 1. The van der Waals surface area contributed by atoms with Gasteiger partial charge in [0.25, 0.3) is 5.91 Å². The van der Waals surface area contributed by atoms with E-state index in [2.05, 4.69) is 34.1 Å². The molecule has 11 heteroatoms. The van der Waals surface area contributed by atoms with E-state index in [1.54, 1.807) is 0 Å². The van der Waals surface area contributed by atoms with Crippen molar-refractivity contribution in [3.8, 4) is 0 Å². The molecular formula is C18H34Cl3N7O. The third kappa shape index (κ3) is 12.6. The SMILES string of the molecule is CC(C)CCCCCCCCCN=C(N)NC(=O)c1nc(Cl)c(N)nc1N.Cl.Cl. The maximum Gasteiger partial charge on any atom is 0.280 e. The second-order valence-corrected chi connectivity index (χ2v) is 7.37. The largest absolute Gasteiger partial charge is 0.382 e. The summed E-state index contributed by atoms with van der Waals surface area (Å²) in [4.78, 5) is 23.8. The number of carbonyl (C=O) groups excluding carboxylic acids is 1. The smallest absolute Gasteiger partial charge is 0.280 e. The van der Waals surface area contributed by atoms with Gasteiger partial charge in [0.15, 0.2) is 28.4 Å². The number of hydrogen-bond donors (Lipinski definition) is 4. The Labute approximate surface area is 190 Å². The van der Waals surface area contributed by atoms with Crippen molar-refractivity contribution in [3.05, 3.63) is 10.8 Å². The first kappa shape index (κ1) is 29.7. The average molecular weight is 471 g/mol. The molecule has 0 aliphatic heterocycles. The molecule has 0 saturated carbocycles. The second-order valence-electron chi connectivity index (χ2n) is 7.01. The molecule has 1 aromatic rings. The van der Waals surface area contributed by atoms with E-state index < -0.39 is 5.91 Å². The number of aliphatic imine (C=N–C) groups is 1. The maximum absolute atomic E-state index is 12.1. The van der Waals surface area contributed by atoms with Crippen molar-refractivity contribution in [2.75, 3.05) is 18.0 Å². The van der Waals surface area contributed by atoms with Crippen LogP contribution in [0, 0.1) is 5.92 Å². The van der Waals surface area contributed by atoms with Crippen LogP contribution >= 0.6 is 36.4 Å². The Morgan fingerprint density at radius 2 is 1.55 bits per heavy atom. The lowest BCUT2D eigenvalue weighted by molar-refractivity contribution is 0.0972. The number of nitrogens with one attached hydrogen (secondary N) is 1. The van der Waals surface area contributed by atoms with Crippen molar-refractivity contribution in [2.24, 2.45) is 16.6 Å². The number of nitrogen functional groups attached to an aromatic ring is 2. The van der Waals surface area contributed by atoms with Crippen molar-refractivity contribution in [3.63, 3.8) is 0 Å². The fraction of sp³-hybridized carbons (Fsp3) is 0.667. The first-order valence-electron chi connectivity index (χ1n) is 9.51. The number of anilines is 2. The van der Waals surface area contributed by atoms with E-state index in [1.165, 1.54) is 38.5 Å². The van der Waals surface area contributed by atoms with E-state index in [4.69, 9.17) is 28.8 Å². The molecule has 0 bridgehead atoms. The molecule has 1 aromatic heterocycles. The minimum Gasteiger partial charge on any atom is -0.382 e. The maximum atomic E-state index is 12.1. The first-order valence-corrected chi connectivity index (χ1v) is 9.88. The summed E-state index contributed by atoms with van der Waals surface area (Å²) in [5, 5.41) is 2.34. The molecule has 0 fully saturated rings. The van der Waals surface area contributed by atoms with Gasteiger partial charge in [0, 0.05) is 6.54 Å². The summed E-state index contributed by atoms with van der Waals surface area (Å²) >= 11 is 5.76. The van der Waals surface area contributed by atoms with Gasteiger partial charge in [-0.3, -0.25) is 15.1 Å². The molecule has 0 aromatic carbocycles. The zero-order valence-corrected chi connectivity index (χ0v) is 19.5. The monoisotopic (exact) mass is 469 g/mol. The zero-order valence-electron chi connectivity index (χ0n) is 17.1. The third-order valence-electron chi connectivity index (χ3n) is 4.08. The number of nitrogens with two attached hydrogens (primary N) is 3. The van der Waals surface area contributed by atoms with Crippen LogP contribution < -0.4 is 22.5 Å². The Balaban J connectivity index is 0. The van der Waals surface area contributed by atoms with Crippen molar-refractivity contribution < 1.29 is 4.79 Å². The van der Waals surface area contributed by atoms with E-state index in [0.717, 1.165) is 18.8 Å². The van der Waals surface area contributed by atoms with Gasteiger partial charge in [-0.2, -0.15) is 0 Å². The third-order valence-corrected chi connectivity index (χ3v) is 4.36. The molecule has 1 amide bonds. The van der Waals surface area contributed by atoms with Crippen molar-refractivity contribution >= 4 is 59.9 Å². The zero-order chi connectivity index (χ0) is 20.2. The number of carbonyl (C=O) groups is 1. The van der Waals surface area contributed by atoms with E-state index in [-0.39, 0.29) is 53.3 Å². The molecule has 7 N–H and O–H groups in total. The van der Waals surface area contributed by atoms with Crippen LogP contribution in [0.15, 0.2) is 4.99 Å². The standard InChI is InChI=1S/C18H32ClN7O.2ClH/c1-12(2)10-8-6-4-3-5-7-9-11-23-18(22)26-17(27)13-15(20)25-16(21)14(19)24-13;;/h12H,3-11H2,1-2H3,(H4,20,21,25)(H3,22,23,26,27);2*1H. The van der Waals surface area contributed by atoms with E-state index in [0.29, 0.717) is 6.54 Å². The Bertz CT molecular complexity index is 642. The second kappa shape index (κ2) is 16.3. The van der Waals surface area contributed by atoms with Crippen LogP contribution in [0.2, 0.25) is 5.15 Å². The Kier molecular flexibility index (Phi) is 16.7. The Morgan fingerprint density at radius 3 is 2.14 bits per heavy atom. The number of amides is 1. The molecule has 168 valence electrons. The van der Waals surface area contributed by atoms with E-state index in [9.17, 15) is 4.79 Å². The number of rotatable bonds is 11. The van der Waals surface area contributed by atoms with Gasteiger partial charge in [-0.05, 0) is 12.3 Å². The van der Waals surface area contributed by atoms with Gasteiger partial charge in [0.2, 0.25) is 0 Å². The highest BCUT2D eigenvalue weighted by atomic mass is 35.5. The van der Waals surface area contributed by atoms with Crippen LogP contribution in [-0.4, -0.2) is 28.4 Å². The Hall–Kier alpha value is -1.51. The topological polar surface area (TPSA) is 145 Å². The lowest BCUT2D eigenvalue weighted by Crippen LogP contribution is -2.38. The molecule has 29 heavy (non-hydrogen) atoms. The summed E-state index contributed by atoms with van der Waals surface area (Å²) in [5.41, 5.74) is 16.7. The quantitative estimate of drug-likeness (QED) is 0.219. The Morgan fingerprint density at radius 1 is 1.00 bits per heavy atom. The summed E-state index contributed by atoms with van der Waals surface area (Å²) < 4.78 is 0. The van der Waals surface area contributed by atoms with Crippen LogP contribution in [0.3, 0.4) is 0 Å². The number of aromatic nitrogens is 2. The summed E-state index contributed by atoms with van der Waals surface area (Å²) in [7, 11) is 0. The van der Waals surface area contributed by atoms with Crippen LogP contribution in [0.5, 0.6) is 0 Å². The molecule has 1 heterocycles. The van der Waals surface area contributed by atoms with Gasteiger partial charge in [0.1, 0.15) is 0 Å². The molecular weight excluding hydrogens is 437 g/mol. The van der Waals surface area contributed by atoms with Gasteiger partial charge in [-0.1, -0.05) is 70.4 Å². The fourth-order valence-electron chi connectivity index (χ4n) is 2.57. The molecule has 0 unspecified atom stereocenters. The van der Waals surface area contributed by atoms with E-state index in [1.807, 2.05) is 0 Å². The molecule has 1 rings (SSSR count). The van der Waals surface area contributed by atoms with Crippen LogP contribution in [0.1, 0.15) is 75.7 Å². The predicted octanol–water partition coefficient (Wildman–Crippen LogP) is 3.96. The molecule has 0 atom stereocenters. The summed E-state index contributed by atoms with van der Waals surface area (Å²) in [6, 6.07) is 0. The number of nitrogens with zero attached hydrogens (tertiary/aromatic N) is 3. The highest BCUT2D eigenvalue weighted by Crippen LogP contribution is 2.17. The minimum atomic E-state index is -0.621. The van der Waals surface area contributed by atoms with Gasteiger partial charge in [-0.15, -0.1) is 24.8 Å². The van der Waals surface area contributed by atoms with Gasteiger partial charge >= 0.3 is 0 Å². The molecule has 0 aliphatic carbocycles. The normalized spacial score (nSPS) is 11.0. The summed E-state index contributed by atoms with van der Waals surface area (Å²) in [5.74, 6) is 0.0459. The molecule has 8 nitrogen and oxygen atoms in total. The summed E-state index contributed by atoms with van der Waals surface area (Å²) in [6.45, 7) is 5.09. The van der Waals surface area contributed by atoms with Crippen molar-refractivity contribution in [1.82, 2.24) is 15.3 Å². The van der Waals surface area contributed by atoms with Gasteiger partial charge in [-0.25, -0.2) is 9.97 Å².